The van der Waals surface area contributed by atoms with Gasteiger partial charge in [-0.3, -0.25) is 14.7 Å². The van der Waals surface area contributed by atoms with Crippen molar-refractivity contribution in [1.82, 2.24) is 14.8 Å². The van der Waals surface area contributed by atoms with E-state index in [0.717, 1.165) is 50.4 Å². The van der Waals surface area contributed by atoms with E-state index < -0.39 is 0 Å². The molecule has 5 nitrogen and oxygen atoms in total. The lowest BCUT2D eigenvalue weighted by Crippen LogP contribution is -2.48. The van der Waals surface area contributed by atoms with Gasteiger partial charge in [0, 0.05) is 50.7 Å². The molecule has 1 amide bonds. The highest BCUT2D eigenvalue weighted by Crippen LogP contribution is 2.19. The van der Waals surface area contributed by atoms with E-state index >= 15 is 0 Å². The lowest BCUT2D eigenvalue weighted by Gasteiger charge is -2.35. The quantitative estimate of drug-likeness (QED) is 0.647. The molecule has 0 bridgehead atoms. The molecule has 1 aliphatic rings. The van der Waals surface area contributed by atoms with Crippen molar-refractivity contribution in [1.29, 1.82) is 0 Å². The van der Waals surface area contributed by atoms with Crippen LogP contribution in [0.2, 0.25) is 0 Å². The van der Waals surface area contributed by atoms with Crippen molar-refractivity contribution < 1.29 is 9.53 Å². The third-order valence-electron chi connectivity index (χ3n) is 5.62. The molecular formula is C24H27N3O2. The van der Waals surface area contributed by atoms with E-state index in [4.69, 9.17) is 4.74 Å². The number of rotatable bonds is 6. The Morgan fingerprint density at radius 1 is 1.00 bits per heavy atom. The van der Waals surface area contributed by atoms with E-state index in [9.17, 15) is 4.79 Å². The molecule has 1 fully saturated rings. The number of nitrogens with zero attached hydrogens (tertiary/aromatic N) is 3. The Kier molecular flexibility index (Phi) is 6.06. The van der Waals surface area contributed by atoms with Crippen LogP contribution in [0.1, 0.15) is 17.5 Å². The number of hydrogen-bond acceptors (Lipinski definition) is 4. The van der Waals surface area contributed by atoms with E-state index in [1.807, 2.05) is 41.4 Å². The summed E-state index contributed by atoms with van der Waals surface area (Å²) in [5.41, 5.74) is 3.50. The first kappa shape index (κ1) is 19.4. The van der Waals surface area contributed by atoms with Crippen molar-refractivity contribution in [3.05, 3.63) is 71.9 Å². The molecule has 1 aliphatic heterocycles. The Balaban J connectivity index is 1.28. The number of carbonyl (C=O) groups is 1. The summed E-state index contributed by atoms with van der Waals surface area (Å²) in [6, 6.07) is 18.4. The molecule has 2 heterocycles. The number of carbonyl (C=O) groups excluding carboxylic acids is 1. The maximum atomic E-state index is 12.6. The van der Waals surface area contributed by atoms with Gasteiger partial charge in [-0.2, -0.15) is 0 Å². The van der Waals surface area contributed by atoms with Gasteiger partial charge >= 0.3 is 0 Å². The van der Waals surface area contributed by atoms with Crippen LogP contribution < -0.4 is 4.74 Å². The van der Waals surface area contributed by atoms with Crippen LogP contribution in [0.25, 0.3) is 10.9 Å². The topological polar surface area (TPSA) is 45.7 Å². The molecule has 2 aromatic carbocycles. The van der Waals surface area contributed by atoms with Crippen LogP contribution in [-0.2, 0) is 17.8 Å². The van der Waals surface area contributed by atoms with Crippen molar-refractivity contribution in [3.8, 4) is 5.75 Å². The molecule has 0 radical (unpaired) electrons. The van der Waals surface area contributed by atoms with Gasteiger partial charge in [0.05, 0.1) is 12.6 Å². The summed E-state index contributed by atoms with van der Waals surface area (Å²) in [5, 5.41) is 1.18. The van der Waals surface area contributed by atoms with Crippen LogP contribution >= 0.6 is 0 Å². The molecule has 0 unspecified atom stereocenters. The van der Waals surface area contributed by atoms with Crippen LogP contribution in [0.5, 0.6) is 5.75 Å². The van der Waals surface area contributed by atoms with Gasteiger partial charge in [-0.05, 0) is 35.7 Å². The fourth-order valence-electron chi connectivity index (χ4n) is 3.89. The maximum absolute atomic E-state index is 12.6. The largest absolute Gasteiger partial charge is 0.497 e. The van der Waals surface area contributed by atoms with Gasteiger partial charge in [0.2, 0.25) is 5.91 Å². The van der Waals surface area contributed by atoms with Gasteiger partial charge in [0.25, 0.3) is 0 Å². The molecule has 4 rings (SSSR count). The number of pyridine rings is 1. The monoisotopic (exact) mass is 389 g/mol. The number of para-hydroxylation sites is 1. The van der Waals surface area contributed by atoms with Crippen molar-refractivity contribution in [3.63, 3.8) is 0 Å². The van der Waals surface area contributed by atoms with Crippen LogP contribution in [-0.4, -0.2) is 54.0 Å². The van der Waals surface area contributed by atoms with E-state index in [2.05, 4.69) is 34.1 Å². The second-order valence-electron chi connectivity index (χ2n) is 7.50. The molecule has 0 spiro atoms. The average Bonchev–Trinajstić information content (AvgIpc) is 2.78. The standard InChI is InChI=1S/C24H27N3O2/c1-29-22-10-7-19(8-11-22)9-12-23(28)27-16-14-26(15-17-27)18-21-5-2-4-20-6-3-13-25-24(20)21/h2-8,10-11,13H,9,12,14-18H2,1H3. The molecule has 0 N–H and O–H groups in total. The minimum absolute atomic E-state index is 0.243. The highest BCUT2D eigenvalue weighted by molar-refractivity contribution is 5.81. The van der Waals surface area contributed by atoms with Gasteiger partial charge in [-0.25, -0.2) is 0 Å². The van der Waals surface area contributed by atoms with Crippen molar-refractivity contribution in [2.75, 3.05) is 33.3 Å². The Morgan fingerprint density at radius 2 is 1.76 bits per heavy atom. The number of fused-ring (bicyclic) bond motifs is 1. The highest BCUT2D eigenvalue weighted by atomic mass is 16.5. The Hall–Kier alpha value is -2.92. The Bertz CT molecular complexity index is 958. The van der Waals surface area contributed by atoms with Gasteiger partial charge < -0.3 is 9.64 Å². The van der Waals surface area contributed by atoms with Crippen LogP contribution in [0.15, 0.2) is 60.8 Å². The fourth-order valence-corrected chi connectivity index (χ4v) is 3.89. The number of piperazine rings is 1. The van der Waals surface area contributed by atoms with E-state index in [1.54, 1.807) is 7.11 Å². The molecule has 150 valence electrons. The molecule has 0 atom stereocenters. The Morgan fingerprint density at radius 3 is 2.52 bits per heavy atom. The zero-order chi connectivity index (χ0) is 20.1. The molecule has 5 heteroatoms. The number of ether oxygens (including phenoxy) is 1. The number of aryl methyl sites for hydroxylation is 1. The fraction of sp³-hybridized carbons (Fsp3) is 0.333. The summed E-state index contributed by atoms with van der Waals surface area (Å²) in [6.07, 6.45) is 3.18. The summed E-state index contributed by atoms with van der Waals surface area (Å²) >= 11 is 0. The number of amides is 1. The lowest BCUT2D eigenvalue weighted by molar-refractivity contribution is -0.133. The van der Waals surface area contributed by atoms with Gasteiger partial charge in [0.15, 0.2) is 0 Å². The second-order valence-corrected chi connectivity index (χ2v) is 7.50. The van der Waals surface area contributed by atoms with E-state index in [0.29, 0.717) is 6.42 Å². The van der Waals surface area contributed by atoms with Crippen molar-refractivity contribution >= 4 is 16.8 Å². The molecule has 0 saturated carbocycles. The third-order valence-corrected chi connectivity index (χ3v) is 5.62. The van der Waals surface area contributed by atoms with Gasteiger partial charge in [0.1, 0.15) is 5.75 Å². The minimum atomic E-state index is 0.243. The maximum Gasteiger partial charge on any atom is 0.222 e. The molecule has 0 aliphatic carbocycles. The molecule has 29 heavy (non-hydrogen) atoms. The summed E-state index contributed by atoms with van der Waals surface area (Å²) in [7, 11) is 1.66. The second kappa shape index (κ2) is 9.05. The van der Waals surface area contributed by atoms with Gasteiger partial charge in [-0.1, -0.05) is 36.4 Å². The number of hydrogen-bond donors (Lipinski definition) is 0. The predicted molar refractivity (Wildman–Crippen MR) is 115 cm³/mol. The number of aromatic nitrogens is 1. The summed E-state index contributed by atoms with van der Waals surface area (Å²) < 4.78 is 5.18. The molecule has 1 aromatic heterocycles. The van der Waals surface area contributed by atoms with Gasteiger partial charge in [-0.15, -0.1) is 0 Å². The smallest absolute Gasteiger partial charge is 0.222 e. The minimum Gasteiger partial charge on any atom is -0.497 e. The van der Waals surface area contributed by atoms with Crippen LogP contribution in [0.4, 0.5) is 0 Å². The third kappa shape index (κ3) is 4.74. The zero-order valence-corrected chi connectivity index (χ0v) is 16.9. The first-order chi connectivity index (χ1) is 14.2. The summed E-state index contributed by atoms with van der Waals surface area (Å²) in [4.78, 5) is 21.6. The predicted octanol–water partition coefficient (Wildman–Crippen LogP) is 3.52. The Labute approximate surface area is 171 Å². The first-order valence-electron chi connectivity index (χ1n) is 10.2. The normalized spacial score (nSPS) is 14.9. The SMILES string of the molecule is COc1ccc(CCC(=O)N2CCN(Cc3cccc4cccnc34)CC2)cc1. The van der Waals surface area contributed by atoms with E-state index in [-0.39, 0.29) is 5.91 Å². The zero-order valence-electron chi connectivity index (χ0n) is 16.9. The first-order valence-corrected chi connectivity index (χ1v) is 10.2. The number of benzene rings is 2. The highest BCUT2D eigenvalue weighted by Gasteiger charge is 2.21. The van der Waals surface area contributed by atoms with Crippen molar-refractivity contribution in [2.45, 2.75) is 19.4 Å². The summed E-state index contributed by atoms with van der Waals surface area (Å²) in [5.74, 6) is 1.09. The van der Waals surface area contributed by atoms with E-state index in [1.165, 1.54) is 16.5 Å². The summed E-state index contributed by atoms with van der Waals surface area (Å²) in [6.45, 7) is 4.26. The molecular weight excluding hydrogens is 362 g/mol. The molecule has 1 saturated heterocycles. The van der Waals surface area contributed by atoms with Crippen LogP contribution in [0, 0.1) is 0 Å². The van der Waals surface area contributed by atoms with Crippen molar-refractivity contribution in [2.24, 2.45) is 0 Å². The van der Waals surface area contributed by atoms with Crippen LogP contribution in [0.3, 0.4) is 0 Å². The lowest BCUT2D eigenvalue weighted by atomic mass is 10.1. The molecule has 3 aromatic rings. The average molecular weight is 389 g/mol. The number of methoxy groups -OCH3 is 1.